The van der Waals surface area contributed by atoms with Gasteiger partial charge in [0, 0.05) is 12.5 Å². The van der Waals surface area contributed by atoms with Gasteiger partial charge in [-0.1, -0.05) is 12.2 Å². The number of hydrogen-bond acceptors (Lipinski definition) is 4. The summed E-state index contributed by atoms with van der Waals surface area (Å²) in [5.41, 5.74) is 5.39. The van der Waals surface area contributed by atoms with Crippen molar-refractivity contribution in [2.24, 2.45) is 5.73 Å². The number of hydrogen-bond donors (Lipinski definition) is 2. The second kappa shape index (κ2) is 4.47. The first kappa shape index (κ1) is 11.1. The number of amides is 2. The molecule has 14 heavy (non-hydrogen) atoms. The van der Waals surface area contributed by atoms with E-state index in [0.29, 0.717) is 11.4 Å². The van der Waals surface area contributed by atoms with Gasteiger partial charge in [-0.05, 0) is 6.92 Å². The van der Waals surface area contributed by atoms with Gasteiger partial charge in [-0.15, -0.1) is 0 Å². The highest BCUT2D eigenvalue weighted by Crippen LogP contribution is 2.05. The van der Waals surface area contributed by atoms with Crippen molar-refractivity contribution in [3.8, 4) is 0 Å². The van der Waals surface area contributed by atoms with Crippen LogP contribution in [0.5, 0.6) is 0 Å². The maximum Gasteiger partial charge on any atom is 0.240 e. The molecule has 1 atom stereocenters. The van der Waals surface area contributed by atoms with Crippen molar-refractivity contribution in [1.29, 1.82) is 0 Å². The Morgan fingerprint density at radius 3 is 2.50 bits per heavy atom. The Morgan fingerprint density at radius 1 is 1.57 bits per heavy atom. The van der Waals surface area contributed by atoms with Crippen LogP contribution in [-0.2, 0) is 9.59 Å². The first-order valence-corrected chi connectivity index (χ1v) is 4.75. The number of carbonyl (C=O) groups is 2. The lowest BCUT2D eigenvalue weighted by Gasteiger charge is -2.30. The zero-order chi connectivity index (χ0) is 10.7. The van der Waals surface area contributed by atoms with E-state index in [1.54, 1.807) is 4.90 Å². The van der Waals surface area contributed by atoms with Crippen LogP contribution in [0.15, 0.2) is 0 Å². The third-order valence-electron chi connectivity index (χ3n) is 2.09. The van der Waals surface area contributed by atoms with Crippen LogP contribution < -0.4 is 11.1 Å². The summed E-state index contributed by atoms with van der Waals surface area (Å²) in [7, 11) is 0. The van der Waals surface area contributed by atoms with E-state index in [-0.39, 0.29) is 30.9 Å². The summed E-state index contributed by atoms with van der Waals surface area (Å²) in [6.07, 6.45) is 0.524. The van der Waals surface area contributed by atoms with E-state index >= 15 is 0 Å². The van der Waals surface area contributed by atoms with E-state index in [1.807, 2.05) is 6.92 Å². The van der Waals surface area contributed by atoms with Gasteiger partial charge in [0.1, 0.15) is 0 Å². The Bertz CT molecular complexity index is 264. The fraction of sp³-hybridized carbons (Fsp3) is 0.625. The molecule has 1 fully saturated rings. The highest BCUT2D eigenvalue weighted by atomic mass is 32.1. The highest BCUT2D eigenvalue weighted by molar-refractivity contribution is 7.80. The summed E-state index contributed by atoms with van der Waals surface area (Å²) in [6.45, 7) is 2.36. The molecule has 0 aliphatic carbocycles. The van der Waals surface area contributed by atoms with Crippen LogP contribution in [0.2, 0.25) is 0 Å². The average molecular weight is 215 g/mol. The minimum Gasteiger partial charge on any atom is -0.393 e. The molecule has 3 N–H and O–H groups in total. The van der Waals surface area contributed by atoms with Gasteiger partial charge in [-0.3, -0.25) is 19.8 Å². The van der Waals surface area contributed by atoms with Crippen molar-refractivity contribution >= 4 is 29.0 Å². The SMILES string of the molecule is CC(CC(N)=S)N1CC(=O)NC(=O)C1. The summed E-state index contributed by atoms with van der Waals surface area (Å²) >= 11 is 4.77. The van der Waals surface area contributed by atoms with E-state index in [2.05, 4.69) is 5.32 Å². The summed E-state index contributed by atoms with van der Waals surface area (Å²) in [5, 5.41) is 2.23. The first-order valence-electron chi connectivity index (χ1n) is 4.34. The second-order valence-corrected chi connectivity index (χ2v) is 3.92. The molecule has 1 saturated heterocycles. The Labute approximate surface area is 87.6 Å². The van der Waals surface area contributed by atoms with Crippen molar-refractivity contribution < 1.29 is 9.59 Å². The van der Waals surface area contributed by atoms with Gasteiger partial charge in [0.25, 0.3) is 0 Å². The zero-order valence-corrected chi connectivity index (χ0v) is 8.76. The maximum absolute atomic E-state index is 11.0. The highest BCUT2D eigenvalue weighted by Gasteiger charge is 2.26. The van der Waals surface area contributed by atoms with Crippen molar-refractivity contribution in [3.63, 3.8) is 0 Å². The Hall–Kier alpha value is -1.01. The molecule has 2 amide bonds. The Balaban J connectivity index is 2.54. The minimum absolute atomic E-state index is 0.0301. The van der Waals surface area contributed by atoms with Gasteiger partial charge >= 0.3 is 0 Å². The van der Waals surface area contributed by atoms with Crippen LogP contribution in [0.1, 0.15) is 13.3 Å². The molecule has 0 spiro atoms. The van der Waals surface area contributed by atoms with Crippen LogP contribution in [-0.4, -0.2) is 40.8 Å². The van der Waals surface area contributed by atoms with Crippen molar-refractivity contribution in [2.45, 2.75) is 19.4 Å². The number of piperazine rings is 1. The normalized spacial score (nSPS) is 20.4. The molecule has 78 valence electrons. The van der Waals surface area contributed by atoms with E-state index in [0.717, 1.165) is 0 Å². The molecule has 1 aliphatic heterocycles. The van der Waals surface area contributed by atoms with E-state index in [4.69, 9.17) is 18.0 Å². The minimum atomic E-state index is -0.268. The molecule has 6 heteroatoms. The number of carbonyl (C=O) groups excluding carboxylic acids is 2. The third kappa shape index (κ3) is 3.04. The summed E-state index contributed by atoms with van der Waals surface area (Å²) < 4.78 is 0. The predicted molar refractivity (Wildman–Crippen MR) is 55.6 cm³/mol. The molecule has 5 nitrogen and oxygen atoms in total. The van der Waals surface area contributed by atoms with Crippen molar-refractivity contribution in [1.82, 2.24) is 10.2 Å². The molecule has 0 saturated carbocycles. The van der Waals surface area contributed by atoms with Gasteiger partial charge in [-0.25, -0.2) is 0 Å². The van der Waals surface area contributed by atoms with Gasteiger partial charge in [-0.2, -0.15) is 0 Å². The number of thiocarbonyl (C=S) groups is 1. The van der Waals surface area contributed by atoms with E-state index in [9.17, 15) is 9.59 Å². The molecule has 1 heterocycles. The topological polar surface area (TPSA) is 75.4 Å². The van der Waals surface area contributed by atoms with Crippen LogP contribution in [0.3, 0.4) is 0 Å². The molecule has 0 radical (unpaired) electrons. The number of nitrogens with one attached hydrogen (secondary N) is 1. The van der Waals surface area contributed by atoms with Crippen LogP contribution in [0.4, 0.5) is 0 Å². The third-order valence-corrected chi connectivity index (χ3v) is 2.26. The van der Waals surface area contributed by atoms with Crippen molar-refractivity contribution in [2.75, 3.05) is 13.1 Å². The number of nitrogens with two attached hydrogens (primary N) is 1. The molecule has 0 aromatic carbocycles. The van der Waals surface area contributed by atoms with Gasteiger partial charge in [0.05, 0.1) is 18.1 Å². The van der Waals surface area contributed by atoms with Gasteiger partial charge in [0.2, 0.25) is 11.8 Å². The van der Waals surface area contributed by atoms with Crippen molar-refractivity contribution in [3.05, 3.63) is 0 Å². The molecular formula is C8H13N3O2S. The lowest BCUT2D eigenvalue weighted by molar-refractivity contribution is -0.136. The molecule has 0 bridgehead atoms. The quantitative estimate of drug-likeness (QED) is 0.467. The van der Waals surface area contributed by atoms with Crippen LogP contribution in [0.25, 0.3) is 0 Å². The van der Waals surface area contributed by atoms with Crippen LogP contribution in [0, 0.1) is 0 Å². The van der Waals surface area contributed by atoms with Gasteiger partial charge < -0.3 is 5.73 Å². The van der Waals surface area contributed by atoms with Crippen LogP contribution >= 0.6 is 12.2 Å². The summed E-state index contributed by atoms with van der Waals surface area (Å²) in [4.78, 5) is 24.2. The molecule has 0 aromatic rings. The zero-order valence-electron chi connectivity index (χ0n) is 7.95. The fourth-order valence-electron chi connectivity index (χ4n) is 1.39. The standard InChI is InChI=1S/C8H13N3O2S/c1-5(2-6(9)14)11-3-7(12)10-8(13)4-11/h5H,2-4H2,1H3,(H2,9,14)(H,10,12,13). The van der Waals surface area contributed by atoms with E-state index in [1.165, 1.54) is 0 Å². The number of rotatable bonds is 3. The molecule has 1 rings (SSSR count). The largest absolute Gasteiger partial charge is 0.393 e. The van der Waals surface area contributed by atoms with Gasteiger partial charge in [0.15, 0.2) is 0 Å². The smallest absolute Gasteiger partial charge is 0.240 e. The summed E-state index contributed by atoms with van der Waals surface area (Å²) in [5.74, 6) is -0.535. The second-order valence-electron chi connectivity index (χ2n) is 3.40. The first-order chi connectivity index (χ1) is 6.49. The Morgan fingerprint density at radius 2 is 2.07 bits per heavy atom. The predicted octanol–water partition coefficient (Wildman–Crippen LogP) is -0.990. The lowest BCUT2D eigenvalue weighted by atomic mass is 10.2. The Kier molecular flexibility index (Phi) is 3.54. The maximum atomic E-state index is 11.0. The van der Waals surface area contributed by atoms with E-state index < -0.39 is 0 Å². The number of imide groups is 1. The number of nitrogens with zero attached hydrogens (tertiary/aromatic N) is 1. The molecule has 1 aliphatic rings. The monoisotopic (exact) mass is 215 g/mol. The summed E-state index contributed by atoms with van der Waals surface area (Å²) in [6, 6.07) is 0.0301. The average Bonchev–Trinajstić information content (AvgIpc) is 2.00. The molecule has 0 aromatic heterocycles. The molecular weight excluding hydrogens is 202 g/mol. The lowest BCUT2D eigenvalue weighted by Crippen LogP contribution is -2.54. The fourth-order valence-corrected chi connectivity index (χ4v) is 1.63. The molecule has 1 unspecified atom stereocenters.